The van der Waals surface area contributed by atoms with Gasteiger partial charge in [-0.15, -0.1) is 0 Å². The third kappa shape index (κ3) is 10.5. The summed E-state index contributed by atoms with van der Waals surface area (Å²) < 4.78 is 11.0. The van der Waals surface area contributed by atoms with Crippen LogP contribution < -0.4 is 4.74 Å². The maximum atomic E-state index is 12.4. The maximum Gasteiger partial charge on any atom is 0.374 e. The molecule has 0 aromatic heterocycles. The van der Waals surface area contributed by atoms with Gasteiger partial charge >= 0.3 is 11.9 Å². The number of benzene rings is 1. The Kier molecular flexibility index (Phi) is 12.2. The first-order chi connectivity index (χ1) is 15.5. The van der Waals surface area contributed by atoms with Gasteiger partial charge in [0.2, 0.25) is 0 Å². The fraction of sp³-hybridized carbons (Fsp3) is 0.640. The molecule has 7 heteroatoms. The molecule has 0 N–H and O–H groups in total. The van der Waals surface area contributed by atoms with E-state index in [-0.39, 0.29) is 5.97 Å². The van der Waals surface area contributed by atoms with E-state index in [1.54, 1.807) is 25.1 Å². The molecule has 178 valence electrons. The van der Waals surface area contributed by atoms with E-state index in [1.807, 2.05) is 6.92 Å². The van der Waals surface area contributed by atoms with Crippen molar-refractivity contribution in [1.82, 2.24) is 0 Å². The lowest BCUT2D eigenvalue weighted by Crippen LogP contribution is -2.25. The van der Waals surface area contributed by atoms with Crippen molar-refractivity contribution in [2.45, 2.75) is 97.0 Å². The van der Waals surface area contributed by atoms with Crippen molar-refractivity contribution in [2.24, 2.45) is 5.16 Å². The molecule has 32 heavy (non-hydrogen) atoms. The summed E-state index contributed by atoms with van der Waals surface area (Å²) in [6.45, 7) is 3.87. The highest BCUT2D eigenvalue weighted by molar-refractivity contribution is 6.31. The summed E-state index contributed by atoms with van der Waals surface area (Å²) in [6, 6.07) is 5.23. The lowest BCUT2D eigenvalue weighted by Gasteiger charge is -2.13. The first kappa shape index (κ1) is 26.2. The van der Waals surface area contributed by atoms with Gasteiger partial charge in [-0.3, -0.25) is 4.79 Å². The molecule has 0 saturated carbocycles. The smallest absolute Gasteiger partial charge is 0.374 e. The van der Waals surface area contributed by atoms with Crippen LogP contribution in [-0.2, 0) is 19.2 Å². The predicted octanol–water partition coefficient (Wildman–Crippen LogP) is 6.55. The average Bonchev–Trinajstić information content (AvgIpc) is 2.77. The summed E-state index contributed by atoms with van der Waals surface area (Å²) in [4.78, 5) is 29.3. The molecule has 0 radical (unpaired) electrons. The van der Waals surface area contributed by atoms with Crippen LogP contribution in [0.25, 0.3) is 0 Å². The van der Waals surface area contributed by atoms with Crippen molar-refractivity contribution in [2.75, 3.05) is 6.61 Å². The lowest BCUT2D eigenvalue weighted by atomic mass is 10.0. The molecule has 6 nitrogen and oxygen atoms in total. The number of hydrogen-bond acceptors (Lipinski definition) is 6. The van der Waals surface area contributed by atoms with Crippen LogP contribution >= 0.6 is 11.6 Å². The zero-order chi connectivity index (χ0) is 23.2. The molecule has 1 aromatic rings. The number of hydrogen-bond donors (Lipinski definition) is 0. The van der Waals surface area contributed by atoms with E-state index in [0.717, 1.165) is 43.4 Å². The Hall–Kier alpha value is -2.08. The van der Waals surface area contributed by atoms with E-state index in [0.29, 0.717) is 36.6 Å². The number of rotatable bonds is 4. The number of aryl methyl sites for hydroxylation is 1. The second-order valence-corrected chi connectivity index (χ2v) is 8.80. The number of carbonyl (C=O) groups is 2. The summed E-state index contributed by atoms with van der Waals surface area (Å²) in [5, 5.41) is 4.77. The SMILES string of the molecule is Cc1cc(OC(C)C(=O)ON=C2CCCCCCCCCCC(=O)OCCC2)ccc1Cl. The largest absolute Gasteiger partial charge is 0.479 e. The minimum absolute atomic E-state index is 0.134. The molecule has 1 fully saturated rings. The quantitative estimate of drug-likeness (QED) is 0.286. The van der Waals surface area contributed by atoms with Crippen LogP contribution in [0.3, 0.4) is 0 Å². The molecule has 2 rings (SSSR count). The van der Waals surface area contributed by atoms with Gasteiger partial charge in [0.1, 0.15) is 5.75 Å². The maximum absolute atomic E-state index is 12.4. The van der Waals surface area contributed by atoms with E-state index in [9.17, 15) is 9.59 Å². The number of oxime groups is 1. The molecular weight excluding hydrogens is 430 g/mol. The number of carbonyl (C=O) groups excluding carboxylic acids is 2. The Balaban J connectivity index is 1.87. The van der Waals surface area contributed by atoms with E-state index in [4.69, 9.17) is 25.9 Å². The molecule has 0 aliphatic carbocycles. The van der Waals surface area contributed by atoms with Crippen molar-refractivity contribution in [3.8, 4) is 5.75 Å². The van der Waals surface area contributed by atoms with Gasteiger partial charge in [0.05, 0.1) is 12.3 Å². The van der Waals surface area contributed by atoms with Gasteiger partial charge in [-0.05, 0) is 69.7 Å². The topological polar surface area (TPSA) is 74.2 Å². The first-order valence-electron chi connectivity index (χ1n) is 11.8. The first-order valence-corrected chi connectivity index (χ1v) is 12.2. The minimum atomic E-state index is -0.799. The van der Waals surface area contributed by atoms with Crippen LogP contribution in [0.5, 0.6) is 5.75 Å². The molecule has 1 aromatic carbocycles. The molecule has 1 atom stereocenters. The second-order valence-electron chi connectivity index (χ2n) is 8.39. The van der Waals surface area contributed by atoms with Crippen molar-refractivity contribution in [3.05, 3.63) is 28.8 Å². The van der Waals surface area contributed by atoms with E-state index in [2.05, 4.69) is 5.16 Å². The monoisotopic (exact) mass is 465 g/mol. The molecular formula is C25H36ClNO5. The predicted molar refractivity (Wildman–Crippen MR) is 126 cm³/mol. The number of halogens is 1. The third-order valence-corrected chi connectivity index (χ3v) is 5.93. The van der Waals surface area contributed by atoms with Gasteiger partial charge in [0, 0.05) is 11.4 Å². The molecule has 1 aliphatic heterocycles. The highest BCUT2D eigenvalue weighted by Gasteiger charge is 2.18. The van der Waals surface area contributed by atoms with Gasteiger partial charge in [-0.25, -0.2) is 4.79 Å². The molecule has 1 unspecified atom stereocenters. The molecule has 0 spiro atoms. The van der Waals surface area contributed by atoms with Crippen molar-refractivity contribution < 1.29 is 23.9 Å². The Morgan fingerprint density at radius 1 is 1.00 bits per heavy atom. The summed E-state index contributed by atoms with van der Waals surface area (Å²) in [6.07, 6.45) is 10.7. The standard InChI is InChI=1S/C25H36ClNO5/c1-19-18-22(15-16-23(19)26)31-20(2)25(29)32-27-21-12-9-7-5-3-4-6-8-10-14-24(28)30-17-11-13-21/h15-16,18,20H,3-14,17H2,1-2H3. The molecule has 1 heterocycles. The highest BCUT2D eigenvalue weighted by Crippen LogP contribution is 2.22. The Morgan fingerprint density at radius 2 is 1.62 bits per heavy atom. The van der Waals surface area contributed by atoms with Crippen molar-refractivity contribution in [3.63, 3.8) is 0 Å². The van der Waals surface area contributed by atoms with Crippen LogP contribution in [0.2, 0.25) is 5.02 Å². The van der Waals surface area contributed by atoms with Crippen molar-refractivity contribution in [1.29, 1.82) is 0 Å². The number of cyclic esters (lactones) is 1. The number of esters is 1. The van der Waals surface area contributed by atoms with Gasteiger partial charge in [0.25, 0.3) is 0 Å². The average molecular weight is 466 g/mol. The molecule has 1 aliphatic rings. The summed E-state index contributed by atoms with van der Waals surface area (Å²) in [5.74, 6) is -0.135. The Labute approximate surface area is 196 Å². The van der Waals surface area contributed by atoms with Gasteiger partial charge in [0.15, 0.2) is 6.10 Å². The zero-order valence-corrected chi connectivity index (χ0v) is 20.1. The fourth-order valence-corrected chi connectivity index (χ4v) is 3.65. The molecule has 0 amide bonds. The molecule has 0 bridgehead atoms. The fourth-order valence-electron chi connectivity index (χ4n) is 3.54. The zero-order valence-electron chi connectivity index (χ0n) is 19.4. The van der Waals surface area contributed by atoms with E-state index in [1.165, 1.54) is 25.7 Å². The molecule has 1 saturated heterocycles. The minimum Gasteiger partial charge on any atom is -0.479 e. The Bertz CT molecular complexity index is 765. The van der Waals surface area contributed by atoms with Crippen LogP contribution in [0.15, 0.2) is 23.4 Å². The Morgan fingerprint density at radius 3 is 2.31 bits per heavy atom. The van der Waals surface area contributed by atoms with Crippen LogP contribution in [0, 0.1) is 6.92 Å². The van der Waals surface area contributed by atoms with Crippen LogP contribution in [0.4, 0.5) is 0 Å². The van der Waals surface area contributed by atoms with Gasteiger partial charge in [-0.2, -0.15) is 0 Å². The number of ether oxygens (including phenoxy) is 2. The van der Waals surface area contributed by atoms with Crippen LogP contribution in [-0.4, -0.2) is 30.4 Å². The van der Waals surface area contributed by atoms with E-state index < -0.39 is 12.1 Å². The number of nitrogens with zero attached hydrogens (tertiary/aromatic N) is 1. The summed E-state index contributed by atoms with van der Waals surface area (Å²) in [5.41, 5.74) is 1.69. The van der Waals surface area contributed by atoms with Crippen molar-refractivity contribution >= 4 is 29.3 Å². The highest BCUT2D eigenvalue weighted by atomic mass is 35.5. The van der Waals surface area contributed by atoms with Gasteiger partial charge in [-0.1, -0.05) is 55.3 Å². The van der Waals surface area contributed by atoms with Crippen LogP contribution in [0.1, 0.15) is 89.5 Å². The second kappa shape index (κ2) is 14.9. The summed E-state index contributed by atoms with van der Waals surface area (Å²) in [7, 11) is 0. The lowest BCUT2D eigenvalue weighted by molar-refractivity contribution is -0.151. The normalized spacial score (nSPS) is 19.7. The van der Waals surface area contributed by atoms with Gasteiger partial charge < -0.3 is 14.3 Å². The third-order valence-electron chi connectivity index (χ3n) is 5.51. The summed E-state index contributed by atoms with van der Waals surface area (Å²) >= 11 is 6.03. The van der Waals surface area contributed by atoms with E-state index >= 15 is 0 Å².